The van der Waals surface area contributed by atoms with Crippen molar-refractivity contribution < 1.29 is 4.79 Å². The fourth-order valence-corrected chi connectivity index (χ4v) is 4.61. The van der Waals surface area contributed by atoms with Gasteiger partial charge in [0.05, 0.1) is 11.3 Å². The number of thioether (sulfide) groups is 1. The Labute approximate surface area is 177 Å². The van der Waals surface area contributed by atoms with Gasteiger partial charge in [0.15, 0.2) is 4.34 Å². The van der Waals surface area contributed by atoms with Crippen molar-refractivity contribution in [2.45, 2.75) is 37.1 Å². The maximum Gasteiger partial charge on any atom is 0.235 e. The number of nitriles is 1. The third-order valence-corrected chi connectivity index (χ3v) is 6.72. The minimum absolute atomic E-state index is 0.187. The van der Waals surface area contributed by atoms with E-state index in [1.807, 2.05) is 48.7 Å². The Morgan fingerprint density at radius 1 is 1.31 bits per heavy atom. The summed E-state index contributed by atoms with van der Waals surface area (Å²) in [6.07, 6.45) is 2.34. The molecule has 9 heteroatoms. The Morgan fingerprint density at radius 3 is 2.76 bits per heavy atom. The van der Waals surface area contributed by atoms with E-state index in [9.17, 15) is 10.1 Å². The lowest BCUT2D eigenvalue weighted by Crippen LogP contribution is -2.17. The van der Waals surface area contributed by atoms with E-state index in [-0.39, 0.29) is 11.7 Å². The zero-order valence-electron chi connectivity index (χ0n) is 16.1. The van der Waals surface area contributed by atoms with E-state index < -0.39 is 0 Å². The molecule has 1 saturated carbocycles. The summed E-state index contributed by atoms with van der Waals surface area (Å²) in [4.78, 5) is 12.6. The lowest BCUT2D eigenvalue weighted by Gasteiger charge is -2.13. The number of anilines is 2. The van der Waals surface area contributed by atoms with Crippen molar-refractivity contribution in [1.82, 2.24) is 14.8 Å². The normalized spacial score (nSPS) is 13.1. The van der Waals surface area contributed by atoms with Gasteiger partial charge < -0.3 is 10.6 Å². The molecular weight excluding hydrogens is 404 g/mol. The molecule has 0 bridgehead atoms. The summed E-state index contributed by atoms with van der Waals surface area (Å²) in [7, 11) is 0. The van der Waals surface area contributed by atoms with Crippen LogP contribution in [0.3, 0.4) is 0 Å². The van der Waals surface area contributed by atoms with Crippen LogP contribution in [0, 0.1) is 25.2 Å². The second-order valence-corrected chi connectivity index (χ2v) is 9.05. The molecule has 7 nitrogen and oxygen atoms in total. The first kappa shape index (κ1) is 19.5. The number of aromatic nitrogens is 3. The van der Waals surface area contributed by atoms with Gasteiger partial charge in [0.2, 0.25) is 11.0 Å². The summed E-state index contributed by atoms with van der Waals surface area (Å²) in [5.41, 5.74) is 3.17. The lowest BCUT2D eigenvalue weighted by molar-refractivity contribution is -0.113. The highest BCUT2D eigenvalue weighted by molar-refractivity contribution is 8.01. The maximum atomic E-state index is 12.6. The topological polar surface area (TPSA) is 95.6 Å². The van der Waals surface area contributed by atoms with Crippen LogP contribution >= 0.6 is 23.1 Å². The predicted octanol–water partition coefficient (Wildman–Crippen LogP) is 4.12. The van der Waals surface area contributed by atoms with Crippen LogP contribution in [0.1, 0.15) is 29.7 Å². The van der Waals surface area contributed by atoms with Gasteiger partial charge in [-0.25, -0.2) is 0 Å². The number of carbonyl (C=O) groups excluding carboxylic acids is 1. The SMILES string of the molecule is Cc1c(C#N)c(NC(=O)CSc2nnc(NC3CC3)s2)n(-c2ccccc2)c1C. The molecule has 1 amide bonds. The largest absolute Gasteiger partial charge is 0.357 e. The predicted molar refractivity (Wildman–Crippen MR) is 116 cm³/mol. The Kier molecular flexibility index (Phi) is 5.56. The van der Waals surface area contributed by atoms with E-state index in [1.165, 1.54) is 35.9 Å². The molecule has 29 heavy (non-hydrogen) atoms. The molecule has 1 aromatic carbocycles. The number of hydrogen-bond donors (Lipinski definition) is 2. The first-order valence-corrected chi connectivity index (χ1v) is 11.1. The molecule has 148 valence electrons. The van der Waals surface area contributed by atoms with Crippen LogP contribution in [-0.2, 0) is 4.79 Å². The van der Waals surface area contributed by atoms with Crippen molar-refractivity contribution in [2.75, 3.05) is 16.4 Å². The number of amides is 1. The van der Waals surface area contributed by atoms with Crippen LogP contribution in [0.25, 0.3) is 5.69 Å². The number of para-hydroxylation sites is 1. The monoisotopic (exact) mass is 424 g/mol. The van der Waals surface area contributed by atoms with Gasteiger partial charge >= 0.3 is 0 Å². The van der Waals surface area contributed by atoms with Gasteiger partial charge in [0.1, 0.15) is 11.9 Å². The number of nitrogens with one attached hydrogen (secondary N) is 2. The van der Waals surface area contributed by atoms with Crippen molar-refractivity contribution in [2.24, 2.45) is 0 Å². The number of benzene rings is 1. The van der Waals surface area contributed by atoms with Crippen molar-refractivity contribution >= 4 is 40.0 Å². The van der Waals surface area contributed by atoms with Gasteiger partial charge in [-0.1, -0.05) is 41.3 Å². The molecule has 1 fully saturated rings. The molecule has 1 aliphatic carbocycles. The fourth-order valence-electron chi connectivity index (χ4n) is 2.98. The summed E-state index contributed by atoms with van der Waals surface area (Å²) in [6, 6.07) is 12.4. The number of rotatable bonds is 7. The molecule has 2 heterocycles. The van der Waals surface area contributed by atoms with E-state index in [0.29, 0.717) is 17.4 Å². The van der Waals surface area contributed by atoms with Gasteiger partial charge in [-0.05, 0) is 44.4 Å². The zero-order valence-corrected chi connectivity index (χ0v) is 17.7. The molecule has 1 aliphatic rings. The van der Waals surface area contributed by atoms with Gasteiger partial charge in [-0.3, -0.25) is 9.36 Å². The number of hydrogen-bond acceptors (Lipinski definition) is 7. The van der Waals surface area contributed by atoms with Gasteiger partial charge in [-0.2, -0.15) is 5.26 Å². The Morgan fingerprint density at radius 2 is 2.07 bits per heavy atom. The lowest BCUT2D eigenvalue weighted by atomic mass is 10.2. The molecule has 2 aromatic heterocycles. The molecule has 3 aromatic rings. The van der Waals surface area contributed by atoms with Crippen molar-refractivity contribution in [3.8, 4) is 11.8 Å². The standard InChI is InChI=1S/C20H20N6OS2/c1-12-13(2)26(15-6-4-3-5-7-15)18(16(12)10-21)23-17(27)11-28-20-25-24-19(29-20)22-14-8-9-14/h3-7,14H,8-9,11H2,1-2H3,(H,22,24)(H,23,27). The van der Waals surface area contributed by atoms with Crippen LogP contribution in [0.5, 0.6) is 0 Å². The maximum absolute atomic E-state index is 12.6. The molecule has 0 spiro atoms. The Hall–Kier alpha value is -2.83. The minimum Gasteiger partial charge on any atom is -0.357 e. The van der Waals surface area contributed by atoms with Crippen molar-refractivity contribution in [3.63, 3.8) is 0 Å². The molecule has 4 rings (SSSR count). The van der Waals surface area contributed by atoms with Crippen LogP contribution in [0.4, 0.5) is 10.9 Å². The quantitative estimate of drug-likeness (QED) is 0.554. The third kappa shape index (κ3) is 4.28. The van der Waals surface area contributed by atoms with Crippen LogP contribution in [0.15, 0.2) is 34.7 Å². The molecule has 0 saturated heterocycles. The molecule has 0 aliphatic heterocycles. The first-order valence-electron chi connectivity index (χ1n) is 9.27. The second-order valence-electron chi connectivity index (χ2n) is 6.85. The number of nitrogens with zero attached hydrogens (tertiary/aromatic N) is 4. The van der Waals surface area contributed by atoms with Crippen molar-refractivity contribution in [3.05, 3.63) is 47.2 Å². The fraction of sp³-hybridized carbons (Fsp3) is 0.300. The third-order valence-electron chi connectivity index (χ3n) is 4.74. The molecule has 0 atom stereocenters. The Balaban J connectivity index is 1.49. The zero-order chi connectivity index (χ0) is 20.4. The van der Waals surface area contributed by atoms with E-state index >= 15 is 0 Å². The van der Waals surface area contributed by atoms with E-state index in [0.717, 1.165) is 26.4 Å². The van der Waals surface area contributed by atoms with Crippen LogP contribution < -0.4 is 10.6 Å². The highest BCUT2D eigenvalue weighted by atomic mass is 32.2. The summed E-state index contributed by atoms with van der Waals surface area (Å²) >= 11 is 2.80. The van der Waals surface area contributed by atoms with Gasteiger partial charge in [0, 0.05) is 17.4 Å². The molecule has 0 unspecified atom stereocenters. The van der Waals surface area contributed by atoms with Gasteiger partial charge in [0.25, 0.3) is 0 Å². The molecule has 0 radical (unpaired) electrons. The van der Waals surface area contributed by atoms with E-state index in [1.54, 1.807) is 0 Å². The summed E-state index contributed by atoms with van der Waals surface area (Å²) in [6.45, 7) is 3.84. The van der Waals surface area contributed by atoms with E-state index in [4.69, 9.17) is 0 Å². The smallest absolute Gasteiger partial charge is 0.235 e. The van der Waals surface area contributed by atoms with Crippen molar-refractivity contribution in [1.29, 1.82) is 5.26 Å². The summed E-state index contributed by atoms with van der Waals surface area (Å²) < 4.78 is 2.66. The highest BCUT2D eigenvalue weighted by Gasteiger charge is 2.23. The van der Waals surface area contributed by atoms with Crippen LogP contribution in [-0.4, -0.2) is 32.5 Å². The van der Waals surface area contributed by atoms with Gasteiger partial charge in [-0.15, -0.1) is 10.2 Å². The number of carbonyl (C=O) groups is 1. The molecular formula is C20H20N6OS2. The first-order chi connectivity index (χ1) is 14.1. The average molecular weight is 425 g/mol. The second kappa shape index (κ2) is 8.27. The summed E-state index contributed by atoms with van der Waals surface area (Å²) in [5, 5.41) is 24.9. The highest BCUT2D eigenvalue weighted by Crippen LogP contribution is 2.32. The summed E-state index contributed by atoms with van der Waals surface area (Å²) in [5.74, 6) is 0.516. The average Bonchev–Trinajstić information content (AvgIpc) is 3.37. The molecule has 2 N–H and O–H groups in total. The minimum atomic E-state index is -0.187. The van der Waals surface area contributed by atoms with Crippen LogP contribution in [0.2, 0.25) is 0 Å². The van der Waals surface area contributed by atoms with E-state index in [2.05, 4.69) is 26.9 Å². The Bertz CT molecular complexity index is 1080.